The van der Waals surface area contributed by atoms with Gasteiger partial charge in [-0.05, 0) is 0 Å². The fourth-order valence-corrected chi connectivity index (χ4v) is 2.12. The Bertz CT molecular complexity index is 598. The highest BCUT2D eigenvalue weighted by Crippen LogP contribution is 2.39. The molecule has 0 saturated carbocycles. The van der Waals surface area contributed by atoms with E-state index < -0.39 is 49.4 Å². The van der Waals surface area contributed by atoms with Gasteiger partial charge in [0.25, 0.3) is 17.2 Å². The lowest BCUT2D eigenvalue weighted by atomic mass is 9.91. The molecule has 0 aromatic rings. The first-order valence-corrected chi connectivity index (χ1v) is 5.50. The molecule has 0 aliphatic heterocycles. The standard InChI is InChI=1S/C9H12N4O9/c1-20-5-4(11(14)15)6(21-2)8(13(18)19)9(10,22-3)7(5)12(16)17/h7H,10H2,1-3H3. The summed E-state index contributed by atoms with van der Waals surface area (Å²) in [5, 5.41) is 33.6. The summed E-state index contributed by atoms with van der Waals surface area (Å²) in [7, 11) is 2.73. The van der Waals surface area contributed by atoms with Gasteiger partial charge in [0.2, 0.25) is 0 Å². The van der Waals surface area contributed by atoms with Crippen molar-refractivity contribution in [2.75, 3.05) is 21.3 Å². The monoisotopic (exact) mass is 320 g/mol. The Labute approximate surface area is 122 Å². The molecule has 2 unspecified atom stereocenters. The smallest absolute Gasteiger partial charge is 0.362 e. The first-order valence-electron chi connectivity index (χ1n) is 5.50. The molecule has 122 valence electrons. The highest BCUT2D eigenvalue weighted by atomic mass is 16.7. The van der Waals surface area contributed by atoms with E-state index in [2.05, 4.69) is 4.74 Å². The summed E-state index contributed by atoms with van der Waals surface area (Å²) in [5.41, 5.74) is 0.836. The molecule has 0 fully saturated rings. The van der Waals surface area contributed by atoms with E-state index >= 15 is 0 Å². The van der Waals surface area contributed by atoms with Gasteiger partial charge in [0.15, 0.2) is 0 Å². The summed E-state index contributed by atoms with van der Waals surface area (Å²) < 4.78 is 14.1. The van der Waals surface area contributed by atoms with Gasteiger partial charge in [-0.25, -0.2) is 0 Å². The van der Waals surface area contributed by atoms with E-state index in [-0.39, 0.29) is 0 Å². The zero-order valence-corrected chi connectivity index (χ0v) is 11.7. The Morgan fingerprint density at radius 1 is 1.05 bits per heavy atom. The van der Waals surface area contributed by atoms with E-state index in [9.17, 15) is 30.3 Å². The van der Waals surface area contributed by atoms with Crippen LogP contribution in [0.25, 0.3) is 0 Å². The van der Waals surface area contributed by atoms with Gasteiger partial charge in [-0.15, -0.1) is 0 Å². The van der Waals surface area contributed by atoms with Crippen LogP contribution in [-0.2, 0) is 14.2 Å². The lowest BCUT2D eigenvalue weighted by Gasteiger charge is -2.30. The zero-order valence-electron chi connectivity index (χ0n) is 11.7. The van der Waals surface area contributed by atoms with Gasteiger partial charge >= 0.3 is 17.4 Å². The van der Waals surface area contributed by atoms with Crippen LogP contribution in [0.2, 0.25) is 0 Å². The van der Waals surface area contributed by atoms with Gasteiger partial charge in [-0.1, -0.05) is 0 Å². The van der Waals surface area contributed by atoms with Crippen molar-refractivity contribution in [1.29, 1.82) is 0 Å². The number of nitrogens with two attached hydrogens (primary N) is 1. The van der Waals surface area contributed by atoms with Gasteiger partial charge in [0.05, 0.1) is 24.1 Å². The second-order valence-corrected chi connectivity index (χ2v) is 4.00. The predicted octanol–water partition coefficient (Wildman–Crippen LogP) is -0.784. The van der Waals surface area contributed by atoms with Crippen molar-refractivity contribution in [3.8, 4) is 0 Å². The van der Waals surface area contributed by atoms with E-state index in [1.165, 1.54) is 0 Å². The van der Waals surface area contributed by atoms with Crippen LogP contribution < -0.4 is 5.73 Å². The molecule has 0 spiro atoms. The zero-order chi connectivity index (χ0) is 17.2. The minimum absolute atomic E-state index is 0.818. The number of hydrogen-bond acceptors (Lipinski definition) is 10. The van der Waals surface area contributed by atoms with Crippen molar-refractivity contribution in [1.82, 2.24) is 0 Å². The largest absolute Gasteiger partial charge is 0.489 e. The van der Waals surface area contributed by atoms with Crippen LogP contribution in [0.5, 0.6) is 0 Å². The molecule has 13 heteroatoms. The highest BCUT2D eigenvalue weighted by Gasteiger charge is 2.66. The average Bonchev–Trinajstić information content (AvgIpc) is 2.43. The molecule has 1 rings (SSSR count). The van der Waals surface area contributed by atoms with Crippen molar-refractivity contribution < 1.29 is 29.0 Å². The van der Waals surface area contributed by atoms with Crippen LogP contribution in [0.15, 0.2) is 22.9 Å². The molecular weight excluding hydrogens is 308 g/mol. The summed E-state index contributed by atoms with van der Waals surface area (Å²) in [6.07, 6.45) is 0. The van der Waals surface area contributed by atoms with Gasteiger partial charge in [0.1, 0.15) is 0 Å². The normalized spacial score (nSPS) is 25.0. The number of nitrogens with zero attached hydrogens (tertiary/aromatic N) is 3. The molecule has 0 bridgehead atoms. The minimum Gasteiger partial charge on any atom is -0.489 e. The van der Waals surface area contributed by atoms with Gasteiger partial charge in [0, 0.05) is 12.0 Å². The molecule has 0 amide bonds. The third kappa shape index (κ3) is 2.31. The molecule has 1 aliphatic carbocycles. The quantitative estimate of drug-likeness (QED) is 0.369. The van der Waals surface area contributed by atoms with E-state index in [0.29, 0.717) is 0 Å². The third-order valence-electron chi connectivity index (χ3n) is 3.03. The Hall–Kier alpha value is -2.80. The predicted molar refractivity (Wildman–Crippen MR) is 66.8 cm³/mol. The molecule has 2 atom stereocenters. The number of rotatable bonds is 6. The first kappa shape index (κ1) is 17.3. The maximum absolute atomic E-state index is 11.3. The summed E-state index contributed by atoms with van der Waals surface area (Å²) >= 11 is 0. The number of ether oxygens (including phenoxy) is 3. The summed E-state index contributed by atoms with van der Waals surface area (Å²) in [6.45, 7) is 0. The third-order valence-corrected chi connectivity index (χ3v) is 3.03. The van der Waals surface area contributed by atoms with Crippen LogP contribution >= 0.6 is 0 Å². The van der Waals surface area contributed by atoms with Gasteiger partial charge in [-0.3, -0.25) is 36.1 Å². The summed E-state index contributed by atoms with van der Waals surface area (Å²) in [5.74, 6) is -1.70. The fraction of sp³-hybridized carbons (Fsp3) is 0.556. The number of hydrogen-bond donors (Lipinski definition) is 1. The lowest BCUT2D eigenvalue weighted by molar-refractivity contribution is -0.558. The van der Waals surface area contributed by atoms with Gasteiger partial charge < -0.3 is 14.2 Å². The number of nitro groups is 3. The highest BCUT2D eigenvalue weighted by molar-refractivity contribution is 5.38. The summed E-state index contributed by atoms with van der Waals surface area (Å²) in [6, 6.07) is -2.21. The SMILES string of the molecule is COC1=C([N+](=O)[O-])C(N)(OC)C([N+](=O)[O-])C(OC)=C1[N+](=O)[O-]. The fourth-order valence-electron chi connectivity index (χ4n) is 2.12. The van der Waals surface area contributed by atoms with E-state index in [1.54, 1.807) is 0 Å². The van der Waals surface area contributed by atoms with Crippen molar-refractivity contribution >= 4 is 0 Å². The summed E-state index contributed by atoms with van der Waals surface area (Å²) in [4.78, 5) is 30.3. The lowest BCUT2D eigenvalue weighted by Crippen LogP contribution is -2.62. The van der Waals surface area contributed by atoms with E-state index in [1.807, 2.05) is 0 Å². The molecule has 2 N–H and O–H groups in total. The Morgan fingerprint density at radius 3 is 1.86 bits per heavy atom. The van der Waals surface area contributed by atoms with Crippen molar-refractivity contribution in [3.05, 3.63) is 53.3 Å². The second kappa shape index (κ2) is 5.90. The second-order valence-electron chi connectivity index (χ2n) is 4.00. The van der Waals surface area contributed by atoms with Crippen LogP contribution in [0.1, 0.15) is 0 Å². The molecule has 0 radical (unpaired) electrons. The molecule has 22 heavy (non-hydrogen) atoms. The van der Waals surface area contributed by atoms with Crippen LogP contribution in [0.4, 0.5) is 0 Å². The van der Waals surface area contributed by atoms with E-state index in [4.69, 9.17) is 15.2 Å². The Balaban J connectivity index is 3.94. The molecule has 0 heterocycles. The molecule has 13 nitrogen and oxygen atoms in total. The number of methoxy groups -OCH3 is 3. The Morgan fingerprint density at radius 2 is 1.59 bits per heavy atom. The van der Waals surface area contributed by atoms with Crippen LogP contribution in [0.3, 0.4) is 0 Å². The molecule has 0 aromatic carbocycles. The molecule has 0 aromatic heterocycles. The molecule has 1 aliphatic rings. The minimum atomic E-state index is -2.62. The maximum atomic E-state index is 11.3. The molecule has 0 saturated heterocycles. The molecular formula is C9H12N4O9. The topological polar surface area (TPSA) is 183 Å². The van der Waals surface area contributed by atoms with Crippen LogP contribution in [0, 0.1) is 30.3 Å². The maximum Gasteiger partial charge on any atom is 0.362 e. The van der Waals surface area contributed by atoms with Crippen molar-refractivity contribution in [2.45, 2.75) is 11.8 Å². The Kier molecular flexibility index (Phi) is 4.63. The van der Waals surface area contributed by atoms with E-state index in [0.717, 1.165) is 21.3 Å². The van der Waals surface area contributed by atoms with Gasteiger partial charge in [-0.2, -0.15) is 0 Å². The first-order chi connectivity index (χ1) is 10.2. The van der Waals surface area contributed by atoms with Crippen molar-refractivity contribution in [3.63, 3.8) is 0 Å². The van der Waals surface area contributed by atoms with Crippen LogP contribution in [-0.4, -0.2) is 47.9 Å². The van der Waals surface area contributed by atoms with Crippen molar-refractivity contribution in [2.24, 2.45) is 5.73 Å². The average molecular weight is 320 g/mol.